The van der Waals surface area contributed by atoms with Crippen molar-refractivity contribution in [1.29, 1.82) is 0 Å². The van der Waals surface area contributed by atoms with Crippen molar-refractivity contribution >= 4 is 27.5 Å². The zero-order valence-corrected chi connectivity index (χ0v) is 16.3. The van der Waals surface area contributed by atoms with E-state index in [2.05, 4.69) is 17.0 Å². The maximum Gasteiger partial charge on any atom is 0.252 e. The highest BCUT2D eigenvalue weighted by molar-refractivity contribution is 7.89. The van der Waals surface area contributed by atoms with Gasteiger partial charge in [0.15, 0.2) is 0 Å². The Hall–Kier alpha value is -1.15. The van der Waals surface area contributed by atoms with Gasteiger partial charge in [0.25, 0.3) is 5.91 Å². The lowest BCUT2D eigenvalue weighted by atomic mass is 10.0. The van der Waals surface area contributed by atoms with Crippen LogP contribution in [0.1, 0.15) is 43.0 Å². The minimum absolute atomic E-state index is 0.0242. The molecule has 0 aliphatic carbocycles. The van der Waals surface area contributed by atoms with Crippen molar-refractivity contribution in [1.82, 2.24) is 10.0 Å². The molecule has 1 unspecified atom stereocenters. The lowest BCUT2D eigenvalue weighted by Gasteiger charge is -2.30. The van der Waals surface area contributed by atoms with Crippen LogP contribution in [0.3, 0.4) is 0 Å². The molecule has 1 amide bonds. The van der Waals surface area contributed by atoms with Gasteiger partial charge in [-0.1, -0.05) is 11.6 Å². The van der Waals surface area contributed by atoms with Crippen LogP contribution in [0.25, 0.3) is 0 Å². The third kappa shape index (κ3) is 5.41. The predicted molar refractivity (Wildman–Crippen MR) is 98.7 cm³/mol. The number of rotatable bonds is 7. The molecule has 140 valence electrons. The van der Waals surface area contributed by atoms with Crippen molar-refractivity contribution < 1.29 is 18.1 Å². The normalized spacial score (nSPS) is 21.1. The third-order valence-corrected chi connectivity index (χ3v) is 6.55. The van der Waals surface area contributed by atoms with Crippen LogP contribution >= 0.6 is 11.6 Å². The molecule has 0 saturated carbocycles. The van der Waals surface area contributed by atoms with Crippen LogP contribution < -0.4 is 14.9 Å². The Labute approximate surface area is 155 Å². The van der Waals surface area contributed by atoms with E-state index in [1.54, 1.807) is 4.90 Å². The maximum absolute atomic E-state index is 12.3. The van der Waals surface area contributed by atoms with Gasteiger partial charge in [0, 0.05) is 13.0 Å². The summed E-state index contributed by atoms with van der Waals surface area (Å²) in [6.45, 7) is 5.06. The van der Waals surface area contributed by atoms with Gasteiger partial charge in [-0.15, -0.1) is 0 Å². The molecule has 0 bridgehead atoms. The molecule has 1 heterocycles. The molecule has 3 N–H and O–H groups in total. The second kappa shape index (κ2) is 8.98. The molecular weight excluding hydrogens is 362 g/mol. The van der Waals surface area contributed by atoms with E-state index in [0.717, 1.165) is 13.0 Å². The summed E-state index contributed by atoms with van der Waals surface area (Å²) in [6, 6.07) is 4.80. The average Bonchev–Trinajstić information content (AvgIpc) is 2.60. The highest BCUT2D eigenvalue weighted by Crippen LogP contribution is 2.20. The Morgan fingerprint density at radius 3 is 2.80 bits per heavy atom. The van der Waals surface area contributed by atoms with Crippen molar-refractivity contribution in [3.8, 4) is 0 Å². The summed E-state index contributed by atoms with van der Waals surface area (Å²) >= 11 is 6.06. The topological polar surface area (TPSA) is 79.7 Å². The van der Waals surface area contributed by atoms with Crippen LogP contribution in [0.15, 0.2) is 23.1 Å². The molecule has 1 aromatic carbocycles. The summed E-state index contributed by atoms with van der Waals surface area (Å²) in [5.41, 5.74) is 0.177. The van der Waals surface area contributed by atoms with Crippen molar-refractivity contribution in [2.24, 2.45) is 0 Å². The van der Waals surface area contributed by atoms with E-state index in [1.807, 2.05) is 0 Å². The number of nitrogens with one attached hydrogen (secondary N) is 3. The maximum atomic E-state index is 12.3. The molecular formula is C17H27ClN3O3S+. The molecule has 1 aromatic rings. The summed E-state index contributed by atoms with van der Waals surface area (Å²) in [4.78, 5) is 14.0. The van der Waals surface area contributed by atoms with E-state index in [0.29, 0.717) is 12.6 Å². The summed E-state index contributed by atoms with van der Waals surface area (Å²) in [5.74, 6) is -0.347. The number of benzene rings is 1. The Morgan fingerprint density at radius 1 is 1.36 bits per heavy atom. The number of piperidine rings is 1. The SMILES string of the molecule is CNS(=O)(=O)c1ccc(Cl)c(C(=O)NCCC[NH+]2CCCC[C@@H]2C)c1. The van der Waals surface area contributed by atoms with E-state index in [1.165, 1.54) is 51.1 Å². The number of sulfonamides is 1. The first-order chi connectivity index (χ1) is 11.8. The fraction of sp³-hybridized carbons (Fsp3) is 0.588. The number of hydrogen-bond donors (Lipinski definition) is 3. The Bertz CT molecular complexity index is 709. The molecule has 25 heavy (non-hydrogen) atoms. The van der Waals surface area contributed by atoms with Crippen LogP contribution in [-0.4, -0.2) is 47.0 Å². The van der Waals surface area contributed by atoms with Crippen molar-refractivity contribution in [2.45, 2.75) is 43.5 Å². The fourth-order valence-corrected chi connectivity index (χ4v) is 4.16. The summed E-state index contributed by atoms with van der Waals surface area (Å²) in [7, 11) is -2.28. The van der Waals surface area contributed by atoms with E-state index in [-0.39, 0.29) is 21.4 Å². The van der Waals surface area contributed by atoms with Crippen LogP contribution in [0, 0.1) is 0 Å². The minimum atomic E-state index is -3.61. The van der Waals surface area contributed by atoms with E-state index in [4.69, 9.17) is 11.6 Å². The van der Waals surface area contributed by atoms with E-state index < -0.39 is 10.0 Å². The van der Waals surface area contributed by atoms with Gasteiger partial charge in [0.05, 0.1) is 34.6 Å². The Balaban J connectivity index is 1.91. The van der Waals surface area contributed by atoms with Gasteiger partial charge >= 0.3 is 0 Å². The molecule has 0 radical (unpaired) electrons. The largest absolute Gasteiger partial charge is 0.352 e. The van der Waals surface area contributed by atoms with Gasteiger partial charge in [0.2, 0.25) is 10.0 Å². The monoisotopic (exact) mass is 388 g/mol. The molecule has 1 saturated heterocycles. The highest BCUT2D eigenvalue weighted by atomic mass is 35.5. The van der Waals surface area contributed by atoms with Crippen LogP contribution in [-0.2, 0) is 10.0 Å². The van der Waals surface area contributed by atoms with Gasteiger partial charge in [-0.3, -0.25) is 4.79 Å². The quantitative estimate of drug-likeness (QED) is 0.605. The van der Waals surface area contributed by atoms with Crippen LogP contribution in [0.5, 0.6) is 0 Å². The van der Waals surface area contributed by atoms with Crippen molar-refractivity contribution in [3.05, 3.63) is 28.8 Å². The van der Waals surface area contributed by atoms with Gasteiger partial charge in [-0.25, -0.2) is 13.1 Å². The van der Waals surface area contributed by atoms with Gasteiger partial charge < -0.3 is 10.2 Å². The first-order valence-electron chi connectivity index (χ1n) is 8.71. The summed E-state index contributed by atoms with van der Waals surface area (Å²) in [6.07, 6.45) is 4.74. The number of halogens is 1. The number of carbonyl (C=O) groups excluding carboxylic acids is 1. The molecule has 0 aromatic heterocycles. The number of amides is 1. The molecule has 2 rings (SSSR count). The molecule has 1 fully saturated rings. The Kier molecular flexibility index (Phi) is 7.25. The van der Waals surface area contributed by atoms with E-state index >= 15 is 0 Å². The van der Waals surface area contributed by atoms with Gasteiger partial charge in [-0.2, -0.15) is 0 Å². The van der Waals surface area contributed by atoms with Crippen molar-refractivity contribution in [3.63, 3.8) is 0 Å². The zero-order valence-electron chi connectivity index (χ0n) is 14.8. The smallest absolute Gasteiger partial charge is 0.252 e. The summed E-state index contributed by atoms with van der Waals surface area (Å²) < 4.78 is 26.0. The van der Waals surface area contributed by atoms with Crippen LogP contribution in [0.2, 0.25) is 5.02 Å². The second-order valence-electron chi connectivity index (χ2n) is 6.51. The average molecular weight is 389 g/mol. The number of likely N-dealkylation sites (tertiary alicyclic amines) is 1. The van der Waals surface area contributed by atoms with Crippen molar-refractivity contribution in [2.75, 3.05) is 26.7 Å². The predicted octanol–water partition coefficient (Wildman–Crippen LogP) is 0.825. The molecule has 1 aliphatic heterocycles. The first kappa shape index (κ1) is 20.2. The molecule has 8 heteroatoms. The van der Waals surface area contributed by atoms with Gasteiger partial charge in [-0.05, 0) is 51.4 Å². The highest BCUT2D eigenvalue weighted by Gasteiger charge is 2.21. The Morgan fingerprint density at radius 2 is 2.12 bits per heavy atom. The van der Waals surface area contributed by atoms with E-state index in [9.17, 15) is 13.2 Å². The summed E-state index contributed by atoms with van der Waals surface area (Å²) in [5, 5.41) is 3.08. The number of hydrogen-bond acceptors (Lipinski definition) is 3. The fourth-order valence-electron chi connectivity index (χ4n) is 3.20. The molecule has 1 aliphatic rings. The third-order valence-electron chi connectivity index (χ3n) is 4.80. The lowest BCUT2D eigenvalue weighted by molar-refractivity contribution is -0.928. The number of carbonyl (C=O) groups is 1. The van der Waals surface area contributed by atoms with Crippen LogP contribution in [0.4, 0.5) is 0 Å². The second-order valence-corrected chi connectivity index (χ2v) is 8.81. The minimum Gasteiger partial charge on any atom is -0.352 e. The standard InChI is InChI=1S/C17H26ClN3O3S/c1-13-6-3-4-10-21(13)11-5-9-20-17(22)15-12-14(7-8-16(15)18)25(23,24)19-2/h7-8,12-13,19H,3-6,9-11H2,1-2H3,(H,20,22)/p+1/t13-/m0/s1. The zero-order chi connectivity index (χ0) is 18.4. The first-order valence-corrected chi connectivity index (χ1v) is 10.6. The number of quaternary nitrogens is 1. The molecule has 2 atom stereocenters. The lowest BCUT2D eigenvalue weighted by Crippen LogP contribution is -3.16. The van der Waals surface area contributed by atoms with Gasteiger partial charge in [0.1, 0.15) is 0 Å². The molecule has 0 spiro atoms. The molecule has 6 nitrogen and oxygen atoms in total.